The summed E-state index contributed by atoms with van der Waals surface area (Å²) in [4.78, 5) is 21.6. The first kappa shape index (κ1) is 26.3. The molecule has 3 aliphatic rings. The Bertz CT molecular complexity index is 1280. The standard InChI is InChI=1S/C24H36N6O6S/c1-16-10-29(11-17(2)36-16)19-8-18(37(33,34)27-23(3)14-35-15-23)12-30-20(19)9-26-21(30)22(31)28-7-5-24(32,13-28)4-6-25/h8-9,12,16-17,27,32H,4-7,10-11,13-15,25H2,1-3H3/t16-,17-,24?/m0/s1. The number of likely N-dealkylation sites (tertiary alicyclic amines) is 1. The predicted octanol–water partition coefficient (Wildman–Crippen LogP) is -0.0591. The van der Waals surface area contributed by atoms with Crippen LogP contribution in [0.25, 0.3) is 5.52 Å². The number of nitrogens with two attached hydrogens (primary N) is 1. The molecule has 1 amide bonds. The molecule has 0 radical (unpaired) electrons. The van der Waals surface area contributed by atoms with E-state index < -0.39 is 21.2 Å². The van der Waals surface area contributed by atoms with Gasteiger partial charge in [0.1, 0.15) is 4.90 Å². The Morgan fingerprint density at radius 3 is 2.62 bits per heavy atom. The molecule has 0 bridgehead atoms. The van der Waals surface area contributed by atoms with Crippen LogP contribution in [0.15, 0.2) is 23.4 Å². The van der Waals surface area contributed by atoms with E-state index in [4.69, 9.17) is 15.2 Å². The summed E-state index contributed by atoms with van der Waals surface area (Å²) < 4.78 is 42.4. The summed E-state index contributed by atoms with van der Waals surface area (Å²) in [5.41, 5.74) is 5.21. The second-order valence-corrected chi connectivity index (χ2v) is 12.6. The first-order valence-corrected chi connectivity index (χ1v) is 14.2. The monoisotopic (exact) mass is 536 g/mol. The van der Waals surface area contributed by atoms with E-state index in [2.05, 4.69) is 14.6 Å². The van der Waals surface area contributed by atoms with Gasteiger partial charge in [-0.15, -0.1) is 0 Å². The molecule has 3 aliphatic heterocycles. The largest absolute Gasteiger partial charge is 0.388 e. The van der Waals surface area contributed by atoms with Crippen molar-refractivity contribution < 1.29 is 27.8 Å². The number of fused-ring (bicyclic) bond motifs is 1. The number of aromatic nitrogens is 2. The number of anilines is 1. The number of β-amino-alcohol motifs (C(OH)–C–C–N with tert-alkyl or cyclic N) is 1. The first-order chi connectivity index (χ1) is 17.4. The van der Waals surface area contributed by atoms with Gasteiger partial charge in [-0.1, -0.05) is 0 Å². The zero-order valence-corrected chi connectivity index (χ0v) is 22.3. The molecule has 2 aromatic rings. The van der Waals surface area contributed by atoms with Gasteiger partial charge in [0.25, 0.3) is 5.91 Å². The summed E-state index contributed by atoms with van der Waals surface area (Å²) in [5, 5.41) is 10.8. The Balaban J connectivity index is 1.57. The van der Waals surface area contributed by atoms with Gasteiger partial charge in [-0.05, 0) is 46.2 Å². The minimum absolute atomic E-state index is 0.0306. The number of carbonyl (C=O) groups is 1. The number of rotatable bonds is 7. The molecule has 5 heterocycles. The number of imidazole rings is 1. The number of amides is 1. The summed E-state index contributed by atoms with van der Waals surface area (Å²) in [7, 11) is -3.94. The van der Waals surface area contributed by atoms with Crippen molar-refractivity contribution in [3.63, 3.8) is 0 Å². The number of hydrogen-bond donors (Lipinski definition) is 3. The lowest BCUT2D eigenvalue weighted by Crippen LogP contribution is -2.59. The van der Waals surface area contributed by atoms with E-state index in [-0.39, 0.29) is 48.6 Å². The van der Waals surface area contributed by atoms with Gasteiger partial charge in [-0.2, -0.15) is 0 Å². The molecule has 0 aliphatic carbocycles. The molecule has 0 saturated carbocycles. The molecule has 3 saturated heterocycles. The quantitative estimate of drug-likeness (QED) is 0.442. The maximum Gasteiger partial charge on any atom is 0.290 e. The van der Waals surface area contributed by atoms with Crippen LogP contribution in [0.4, 0.5) is 5.69 Å². The summed E-state index contributed by atoms with van der Waals surface area (Å²) in [5.74, 6) is -0.276. The highest BCUT2D eigenvalue weighted by Gasteiger charge is 2.40. The Hall–Kier alpha value is -2.29. The highest BCUT2D eigenvalue weighted by atomic mass is 32.2. The molecular weight excluding hydrogens is 500 g/mol. The van der Waals surface area contributed by atoms with Gasteiger partial charge < -0.3 is 30.1 Å². The van der Waals surface area contributed by atoms with Crippen molar-refractivity contribution in [2.75, 3.05) is 50.8 Å². The molecule has 5 rings (SSSR count). The zero-order valence-electron chi connectivity index (χ0n) is 21.5. The average molecular weight is 537 g/mol. The number of pyridine rings is 1. The van der Waals surface area contributed by atoms with E-state index in [0.29, 0.717) is 50.2 Å². The predicted molar refractivity (Wildman–Crippen MR) is 136 cm³/mol. The van der Waals surface area contributed by atoms with E-state index in [9.17, 15) is 18.3 Å². The van der Waals surface area contributed by atoms with Crippen LogP contribution < -0.4 is 15.4 Å². The summed E-state index contributed by atoms with van der Waals surface area (Å²) in [6, 6.07) is 1.64. The van der Waals surface area contributed by atoms with E-state index in [1.54, 1.807) is 28.5 Å². The van der Waals surface area contributed by atoms with Crippen molar-refractivity contribution >= 4 is 27.1 Å². The van der Waals surface area contributed by atoms with Crippen molar-refractivity contribution in [2.45, 2.75) is 61.9 Å². The molecule has 3 atom stereocenters. The molecule has 4 N–H and O–H groups in total. The van der Waals surface area contributed by atoms with Gasteiger partial charge in [0.15, 0.2) is 0 Å². The molecule has 0 aromatic carbocycles. The van der Waals surface area contributed by atoms with Gasteiger partial charge in [0.2, 0.25) is 15.8 Å². The molecule has 204 valence electrons. The summed E-state index contributed by atoms with van der Waals surface area (Å²) >= 11 is 0. The minimum Gasteiger partial charge on any atom is -0.388 e. The van der Waals surface area contributed by atoms with Crippen molar-refractivity contribution in [3.05, 3.63) is 24.3 Å². The van der Waals surface area contributed by atoms with Gasteiger partial charge in [-0.3, -0.25) is 9.20 Å². The van der Waals surface area contributed by atoms with Crippen LogP contribution in [-0.2, 0) is 19.5 Å². The van der Waals surface area contributed by atoms with Gasteiger partial charge in [0, 0.05) is 32.4 Å². The fraction of sp³-hybridized carbons (Fsp3) is 0.667. The smallest absolute Gasteiger partial charge is 0.290 e. The SMILES string of the molecule is C[C@H]1CN(c2cc(S(=O)(=O)NC3(C)COC3)cn3c(C(=O)N4CCC(O)(CCN)C4)ncc23)C[C@H](C)O1. The summed E-state index contributed by atoms with van der Waals surface area (Å²) in [6.45, 7) is 8.29. The minimum atomic E-state index is -3.94. The number of hydrogen-bond acceptors (Lipinski definition) is 9. The number of carbonyl (C=O) groups excluding carboxylic acids is 1. The lowest BCUT2D eigenvalue weighted by atomic mass is 9.99. The van der Waals surface area contributed by atoms with Crippen molar-refractivity contribution in [1.82, 2.24) is 19.0 Å². The topological polar surface area (TPSA) is 152 Å². The molecule has 13 heteroatoms. The third kappa shape index (κ3) is 5.08. The number of sulfonamides is 1. The fourth-order valence-electron chi connectivity index (χ4n) is 5.48. The maximum atomic E-state index is 13.5. The number of aliphatic hydroxyl groups is 1. The number of morpholine rings is 1. The first-order valence-electron chi connectivity index (χ1n) is 12.7. The maximum absolute atomic E-state index is 13.5. The molecule has 12 nitrogen and oxygen atoms in total. The molecule has 0 spiro atoms. The highest BCUT2D eigenvalue weighted by molar-refractivity contribution is 7.89. The van der Waals surface area contributed by atoms with Crippen molar-refractivity contribution in [2.24, 2.45) is 5.73 Å². The number of ether oxygens (including phenoxy) is 2. The second kappa shape index (κ2) is 9.47. The van der Waals surface area contributed by atoms with Crippen molar-refractivity contribution in [3.8, 4) is 0 Å². The van der Waals surface area contributed by atoms with E-state index in [1.165, 1.54) is 6.20 Å². The van der Waals surface area contributed by atoms with Crippen LogP contribution in [0.2, 0.25) is 0 Å². The van der Waals surface area contributed by atoms with Gasteiger partial charge in [0.05, 0.1) is 54.0 Å². The van der Waals surface area contributed by atoms with E-state index in [1.807, 2.05) is 13.8 Å². The lowest BCUT2D eigenvalue weighted by molar-refractivity contribution is -0.0523. The number of nitrogens with zero attached hydrogens (tertiary/aromatic N) is 4. The zero-order chi connectivity index (χ0) is 26.6. The highest BCUT2D eigenvalue weighted by Crippen LogP contribution is 2.32. The van der Waals surface area contributed by atoms with Gasteiger partial charge in [-0.25, -0.2) is 18.1 Å². The van der Waals surface area contributed by atoms with E-state index >= 15 is 0 Å². The second-order valence-electron chi connectivity index (χ2n) is 11.0. The Morgan fingerprint density at radius 2 is 2.00 bits per heavy atom. The van der Waals surface area contributed by atoms with Crippen molar-refractivity contribution in [1.29, 1.82) is 0 Å². The molecule has 37 heavy (non-hydrogen) atoms. The van der Waals surface area contributed by atoms with Crippen LogP contribution in [-0.4, -0.2) is 103 Å². The Kier molecular flexibility index (Phi) is 6.74. The van der Waals surface area contributed by atoms with Crippen LogP contribution >= 0.6 is 0 Å². The van der Waals surface area contributed by atoms with Crippen LogP contribution in [0.5, 0.6) is 0 Å². The molecule has 1 unspecified atom stereocenters. The fourth-order valence-corrected chi connectivity index (χ4v) is 6.88. The molecular formula is C24H36N6O6S. The third-order valence-electron chi connectivity index (χ3n) is 7.31. The normalized spacial score (nSPS) is 28.0. The third-order valence-corrected chi connectivity index (χ3v) is 8.91. The van der Waals surface area contributed by atoms with Crippen LogP contribution in [0.1, 0.15) is 44.2 Å². The molecule has 3 fully saturated rings. The average Bonchev–Trinajstić information content (AvgIpc) is 3.40. The Labute approximate surface area is 216 Å². The lowest BCUT2D eigenvalue weighted by Gasteiger charge is -2.38. The molecule has 2 aromatic heterocycles. The van der Waals surface area contributed by atoms with E-state index in [0.717, 1.165) is 0 Å². The number of nitrogens with one attached hydrogen (secondary N) is 1. The summed E-state index contributed by atoms with van der Waals surface area (Å²) in [6.07, 6.45) is 3.76. The van der Waals surface area contributed by atoms with Crippen LogP contribution in [0, 0.1) is 0 Å². The van der Waals surface area contributed by atoms with Gasteiger partial charge >= 0.3 is 0 Å². The van der Waals surface area contributed by atoms with Crippen LogP contribution in [0.3, 0.4) is 0 Å². The Morgan fingerprint density at radius 1 is 1.30 bits per heavy atom.